The molecule has 0 atom stereocenters. The van der Waals surface area contributed by atoms with Crippen LogP contribution >= 0.6 is 0 Å². The first-order chi connectivity index (χ1) is 9.13. The molecule has 0 heterocycles. The molecule has 1 N–H and O–H groups in total. The van der Waals surface area contributed by atoms with Gasteiger partial charge in [0.1, 0.15) is 11.2 Å². The largest absolute Gasteiger partial charge is 0.481 e. The van der Waals surface area contributed by atoms with Crippen molar-refractivity contribution >= 4 is 5.97 Å². The fraction of sp³-hybridized carbons (Fsp3) is 0.188. The van der Waals surface area contributed by atoms with Gasteiger partial charge in [-0.2, -0.15) is 0 Å². The van der Waals surface area contributed by atoms with Gasteiger partial charge in [-0.15, -0.1) is 0 Å². The van der Waals surface area contributed by atoms with Gasteiger partial charge in [0, 0.05) is 5.56 Å². The second-order valence-corrected chi connectivity index (χ2v) is 4.99. The summed E-state index contributed by atoms with van der Waals surface area (Å²) in [5.74, 6) is -1.41. The molecule has 0 saturated carbocycles. The van der Waals surface area contributed by atoms with E-state index in [1.54, 1.807) is 18.2 Å². The molecule has 0 aromatic heterocycles. The molecule has 1 aliphatic rings. The normalized spacial score (nSPS) is 16.1. The number of carboxylic acid groups (broad SMARTS) is 1. The number of halogens is 1. The van der Waals surface area contributed by atoms with Crippen LogP contribution in [0.15, 0.2) is 48.5 Å². The van der Waals surface area contributed by atoms with Crippen molar-refractivity contribution in [2.45, 2.75) is 18.3 Å². The first kappa shape index (κ1) is 11.9. The van der Waals surface area contributed by atoms with E-state index in [1.807, 2.05) is 24.3 Å². The minimum atomic E-state index is -1.17. The van der Waals surface area contributed by atoms with Crippen molar-refractivity contribution < 1.29 is 14.3 Å². The van der Waals surface area contributed by atoms with Crippen LogP contribution in [0.4, 0.5) is 4.39 Å². The Morgan fingerprint density at radius 2 is 1.53 bits per heavy atom. The van der Waals surface area contributed by atoms with Gasteiger partial charge >= 0.3 is 5.97 Å². The Balaban J connectivity index is 2.15. The minimum absolute atomic E-state index is 0.277. The quantitative estimate of drug-likeness (QED) is 0.897. The number of benzene rings is 2. The number of hydrogen-bond acceptors (Lipinski definition) is 1. The number of fused-ring (bicyclic) bond motifs is 1. The molecule has 3 rings (SSSR count). The third kappa shape index (κ3) is 1.73. The van der Waals surface area contributed by atoms with Gasteiger partial charge in [0.2, 0.25) is 0 Å². The molecule has 3 heteroatoms. The van der Waals surface area contributed by atoms with E-state index >= 15 is 0 Å². The number of rotatable bonds is 2. The Kier molecular flexibility index (Phi) is 2.63. The average Bonchev–Trinajstić information content (AvgIpc) is 2.79. The molecule has 0 fully saturated rings. The van der Waals surface area contributed by atoms with Crippen molar-refractivity contribution in [1.29, 1.82) is 0 Å². The highest BCUT2D eigenvalue weighted by atomic mass is 19.1. The average molecular weight is 256 g/mol. The van der Waals surface area contributed by atoms with E-state index in [9.17, 15) is 14.3 Å². The summed E-state index contributed by atoms with van der Waals surface area (Å²) >= 11 is 0. The Morgan fingerprint density at radius 1 is 1.00 bits per heavy atom. The highest BCUT2D eigenvalue weighted by molar-refractivity contribution is 5.84. The standard InChI is InChI=1S/C16H13FO2/c17-14-8-4-3-7-13(14)16(15(18)19)9-11-5-1-2-6-12(11)10-16/h1-8H,9-10H2,(H,18,19). The Bertz CT molecular complexity index is 624. The molecule has 2 aromatic rings. The first-order valence-corrected chi connectivity index (χ1v) is 6.19. The maximum atomic E-state index is 14.0. The summed E-state index contributed by atoms with van der Waals surface area (Å²) in [7, 11) is 0. The van der Waals surface area contributed by atoms with Crippen LogP contribution in [0.25, 0.3) is 0 Å². The second-order valence-electron chi connectivity index (χ2n) is 4.99. The zero-order chi connectivity index (χ0) is 13.5. The van der Waals surface area contributed by atoms with Crippen molar-refractivity contribution in [3.8, 4) is 0 Å². The van der Waals surface area contributed by atoms with Crippen LogP contribution in [0.1, 0.15) is 16.7 Å². The summed E-state index contributed by atoms with van der Waals surface area (Å²) in [4.78, 5) is 11.8. The van der Waals surface area contributed by atoms with Crippen molar-refractivity contribution in [2.75, 3.05) is 0 Å². The minimum Gasteiger partial charge on any atom is -0.481 e. The molecule has 0 radical (unpaired) electrons. The van der Waals surface area contributed by atoms with E-state index in [1.165, 1.54) is 6.07 Å². The number of hydrogen-bond donors (Lipinski definition) is 1. The summed E-state index contributed by atoms with van der Waals surface area (Å²) in [6, 6.07) is 13.8. The molecule has 0 aliphatic heterocycles. The highest BCUT2D eigenvalue weighted by Gasteiger charge is 2.46. The molecule has 0 spiro atoms. The van der Waals surface area contributed by atoms with Crippen molar-refractivity contribution in [2.24, 2.45) is 0 Å². The topological polar surface area (TPSA) is 37.3 Å². The van der Waals surface area contributed by atoms with Gasteiger partial charge in [-0.1, -0.05) is 42.5 Å². The summed E-state index contributed by atoms with van der Waals surface area (Å²) in [6.07, 6.45) is 0.693. The Morgan fingerprint density at radius 3 is 2.05 bits per heavy atom. The molecule has 96 valence electrons. The maximum absolute atomic E-state index is 14.0. The predicted molar refractivity (Wildman–Crippen MR) is 69.6 cm³/mol. The Hall–Kier alpha value is -2.16. The molecule has 0 saturated heterocycles. The zero-order valence-electron chi connectivity index (χ0n) is 10.3. The lowest BCUT2D eigenvalue weighted by molar-refractivity contribution is -0.143. The van der Waals surface area contributed by atoms with E-state index in [0.29, 0.717) is 12.8 Å². The molecule has 0 amide bonds. The van der Waals surface area contributed by atoms with E-state index < -0.39 is 17.2 Å². The lowest BCUT2D eigenvalue weighted by atomic mass is 9.77. The van der Waals surface area contributed by atoms with Gasteiger partial charge < -0.3 is 5.11 Å². The molecular weight excluding hydrogens is 243 g/mol. The van der Waals surface area contributed by atoms with Crippen LogP contribution in [0.5, 0.6) is 0 Å². The molecule has 2 nitrogen and oxygen atoms in total. The lowest BCUT2D eigenvalue weighted by Crippen LogP contribution is -2.37. The molecule has 19 heavy (non-hydrogen) atoms. The number of carbonyl (C=O) groups is 1. The SMILES string of the molecule is O=C(O)C1(c2ccccc2F)Cc2ccccc2C1. The van der Waals surface area contributed by atoms with Crippen LogP contribution in [0.3, 0.4) is 0 Å². The van der Waals surface area contributed by atoms with Crippen molar-refractivity contribution in [3.05, 3.63) is 71.0 Å². The summed E-state index contributed by atoms with van der Waals surface area (Å²) < 4.78 is 14.0. The smallest absolute Gasteiger partial charge is 0.314 e. The molecule has 1 aliphatic carbocycles. The van der Waals surface area contributed by atoms with Crippen molar-refractivity contribution in [3.63, 3.8) is 0 Å². The zero-order valence-corrected chi connectivity index (χ0v) is 10.3. The highest BCUT2D eigenvalue weighted by Crippen LogP contribution is 2.41. The van der Waals surface area contributed by atoms with Gasteiger partial charge in [-0.05, 0) is 30.0 Å². The van der Waals surface area contributed by atoms with Crippen LogP contribution in [0, 0.1) is 5.82 Å². The fourth-order valence-electron chi connectivity index (χ4n) is 2.92. The van der Waals surface area contributed by atoms with Crippen LogP contribution in [-0.4, -0.2) is 11.1 Å². The lowest BCUT2D eigenvalue weighted by Gasteiger charge is -2.24. The van der Waals surface area contributed by atoms with E-state index in [2.05, 4.69) is 0 Å². The van der Waals surface area contributed by atoms with E-state index in [0.717, 1.165) is 11.1 Å². The fourth-order valence-corrected chi connectivity index (χ4v) is 2.92. The first-order valence-electron chi connectivity index (χ1n) is 6.19. The monoisotopic (exact) mass is 256 g/mol. The summed E-state index contributed by atoms with van der Waals surface area (Å²) in [5.41, 5.74) is 1.09. The third-order valence-electron chi connectivity index (χ3n) is 3.90. The third-order valence-corrected chi connectivity index (χ3v) is 3.90. The molecule has 0 unspecified atom stereocenters. The summed E-state index contributed by atoms with van der Waals surface area (Å²) in [6.45, 7) is 0. The van der Waals surface area contributed by atoms with Gasteiger partial charge in [0.05, 0.1) is 0 Å². The Labute approximate surface area is 110 Å². The van der Waals surface area contributed by atoms with Crippen molar-refractivity contribution in [1.82, 2.24) is 0 Å². The molecule has 0 bridgehead atoms. The van der Waals surface area contributed by atoms with E-state index in [4.69, 9.17) is 0 Å². The van der Waals surface area contributed by atoms with Gasteiger partial charge in [0.15, 0.2) is 0 Å². The van der Waals surface area contributed by atoms with Gasteiger partial charge in [-0.25, -0.2) is 4.39 Å². The van der Waals surface area contributed by atoms with Crippen LogP contribution in [0.2, 0.25) is 0 Å². The van der Waals surface area contributed by atoms with Crippen LogP contribution in [-0.2, 0) is 23.1 Å². The summed E-state index contributed by atoms with van der Waals surface area (Å²) in [5, 5.41) is 9.65. The van der Waals surface area contributed by atoms with Gasteiger partial charge in [0.25, 0.3) is 0 Å². The number of carboxylic acids is 1. The van der Waals surface area contributed by atoms with E-state index in [-0.39, 0.29) is 5.56 Å². The van der Waals surface area contributed by atoms with Crippen LogP contribution < -0.4 is 0 Å². The number of aliphatic carboxylic acids is 1. The molecule has 2 aromatic carbocycles. The van der Waals surface area contributed by atoms with Gasteiger partial charge in [-0.3, -0.25) is 4.79 Å². The second kappa shape index (κ2) is 4.19. The predicted octanol–water partition coefficient (Wildman–Crippen LogP) is 2.95. The maximum Gasteiger partial charge on any atom is 0.314 e. The molecular formula is C16H13FO2.